The Morgan fingerprint density at radius 2 is 2.25 bits per heavy atom. The monoisotopic (exact) mass is 242 g/mol. The van der Waals surface area contributed by atoms with Crippen LogP contribution in [0.3, 0.4) is 0 Å². The van der Waals surface area contributed by atoms with Gasteiger partial charge in [0.15, 0.2) is 0 Å². The lowest BCUT2D eigenvalue weighted by Gasteiger charge is -2.02. The van der Waals surface area contributed by atoms with Gasteiger partial charge in [-0.1, -0.05) is 11.6 Å². The number of nitrogens with zero attached hydrogens (tertiary/aromatic N) is 3. The molecule has 0 saturated heterocycles. The first-order valence-corrected chi connectivity index (χ1v) is 4.71. The zero-order chi connectivity index (χ0) is 11.7. The standard InChI is InChI=1S/C9H8ClFN4O/c1-16-9-13-8(12)15(14-9)5-2-3-6(10)7(11)4-5/h2-4H,1H3,(H2,12,13,14). The number of ether oxygens (including phenoxy) is 1. The fourth-order valence-corrected chi connectivity index (χ4v) is 1.32. The number of anilines is 1. The Balaban J connectivity index is 2.49. The van der Waals surface area contributed by atoms with Gasteiger partial charge in [0.25, 0.3) is 0 Å². The molecule has 1 heterocycles. The number of halogens is 2. The highest BCUT2D eigenvalue weighted by Crippen LogP contribution is 2.20. The normalized spacial score (nSPS) is 10.4. The van der Waals surface area contributed by atoms with Crippen molar-refractivity contribution < 1.29 is 9.13 Å². The Kier molecular flexibility index (Phi) is 2.66. The maximum absolute atomic E-state index is 13.2. The van der Waals surface area contributed by atoms with E-state index in [4.69, 9.17) is 22.1 Å². The van der Waals surface area contributed by atoms with E-state index in [1.165, 1.54) is 23.9 Å². The number of hydrogen-bond acceptors (Lipinski definition) is 4. The van der Waals surface area contributed by atoms with Crippen molar-refractivity contribution in [2.75, 3.05) is 12.8 Å². The minimum absolute atomic E-state index is 0.0365. The molecule has 7 heteroatoms. The van der Waals surface area contributed by atoms with Crippen molar-refractivity contribution >= 4 is 17.5 Å². The Hall–Kier alpha value is -1.82. The summed E-state index contributed by atoms with van der Waals surface area (Å²) >= 11 is 5.56. The summed E-state index contributed by atoms with van der Waals surface area (Å²) in [6.07, 6.45) is 0. The molecule has 2 aromatic rings. The van der Waals surface area contributed by atoms with Crippen LogP contribution in [0.1, 0.15) is 0 Å². The third-order valence-electron chi connectivity index (χ3n) is 1.94. The van der Waals surface area contributed by atoms with Crippen molar-refractivity contribution in [1.29, 1.82) is 0 Å². The molecule has 5 nitrogen and oxygen atoms in total. The second kappa shape index (κ2) is 3.97. The second-order valence-electron chi connectivity index (χ2n) is 2.97. The van der Waals surface area contributed by atoms with E-state index in [0.29, 0.717) is 5.69 Å². The number of nitrogen functional groups attached to an aromatic ring is 1. The Bertz CT molecular complexity index is 528. The first kappa shape index (κ1) is 10.7. The van der Waals surface area contributed by atoms with Crippen LogP contribution in [0.5, 0.6) is 6.01 Å². The summed E-state index contributed by atoms with van der Waals surface area (Å²) in [5.74, 6) is -0.438. The van der Waals surface area contributed by atoms with Gasteiger partial charge in [-0.3, -0.25) is 0 Å². The van der Waals surface area contributed by atoms with Crippen molar-refractivity contribution in [3.05, 3.63) is 29.0 Å². The van der Waals surface area contributed by atoms with Gasteiger partial charge in [0.2, 0.25) is 5.95 Å². The highest BCUT2D eigenvalue weighted by atomic mass is 35.5. The minimum Gasteiger partial charge on any atom is -0.466 e. The average Bonchev–Trinajstić information content (AvgIpc) is 2.64. The molecule has 0 aliphatic heterocycles. The Morgan fingerprint density at radius 3 is 2.81 bits per heavy atom. The van der Waals surface area contributed by atoms with Gasteiger partial charge < -0.3 is 10.5 Å². The van der Waals surface area contributed by atoms with Crippen LogP contribution in [0.4, 0.5) is 10.3 Å². The second-order valence-corrected chi connectivity index (χ2v) is 3.37. The predicted molar refractivity (Wildman–Crippen MR) is 57.3 cm³/mol. The molecule has 0 aliphatic rings. The fourth-order valence-electron chi connectivity index (χ4n) is 1.20. The molecule has 16 heavy (non-hydrogen) atoms. The van der Waals surface area contributed by atoms with Crippen molar-refractivity contribution in [1.82, 2.24) is 14.8 Å². The van der Waals surface area contributed by atoms with E-state index >= 15 is 0 Å². The molecule has 0 atom stereocenters. The number of aromatic nitrogens is 3. The van der Waals surface area contributed by atoms with Crippen LogP contribution < -0.4 is 10.5 Å². The highest BCUT2D eigenvalue weighted by Gasteiger charge is 2.10. The molecule has 0 aliphatic carbocycles. The summed E-state index contributed by atoms with van der Waals surface area (Å²) in [4.78, 5) is 3.81. The van der Waals surface area contributed by atoms with Gasteiger partial charge >= 0.3 is 6.01 Å². The molecule has 0 amide bonds. The molecule has 0 spiro atoms. The van der Waals surface area contributed by atoms with E-state index in [9.17, 15) is 4.39 Å². The van der Waals surface area contributed by atoms with Gasteiger partial charge in [-0.25, -0.2) is 4.39 Å². The summed E-state index contributed by atoms with van der Waals surface area (Å²) in [7, 11) is 1.42. The average molecular weight is 243 g/mol. The van der Waals surface area contributed by atoms with Crippen molar-refractivity contribution in [2.24, 2.45) is 0 Å². The SMILES string of the molecule is COc1nc(N)n(-c2ccc(Cl)c(F)c2)n1. The summed E-state index contributed by atoms with van der Waals surface area (Å²) in [5.41, 5.74) is 6.02. The van der Waals surface area contributed by atoms with E-state index in [0.717, 1.165) is 0 Å². The van der Waals surface area contributed by atoms with Gasteiger partial charge in [-0.05, 0) is 12.1 Å². The third kappa shape index (κ3) is 1.79. The number of benzene rings is 1. The van der Waals surface area contributed by atoms with Crippen molar-refractivity contribution in [2.45, 2.75) is 0 Å². The lowest BCUT2D eigenvalue weighted by atomic mass is 10.3. The zero-order valence-corrected chi connectivity index (χ0v) is 9.07. The molecule has 1 aromatic carbocycles. The molecule has 2 rings (SSSR count). The Morgan fingerprint density at radius 1 is 1.50 bits per heavy atom. The van der Waals surface area contributed by atoms with Crippen LogP contribution in [0.2, 0.25) is 5.02 Å². The van der Waals surface area contributed by atoms with Crippen LogP contribution >= 0.6 is 11.6 Å². The quantitative estimate of drug-likeness (QED) is 0.870. The van der Waals surface area contributed by atoms with E-state index in [1.54, 1.807) is 6.07 Å². The summed E-state index contributed by atoms with van der Waals surface area (Å²) in [6.45, 7) is 0. The van der Waals surface area contributed by atoms with E-state index in [1.807, 2.05) is 0 Å². The molecule has 1 aromatic heterocycles. The number of hydrogen-bond donors (Lipinski definition) is 1. The number of nitrogens with two attached hydrogens (primary N) is 1. The summed E-state index contributed by atoms with van der Waals surface area (Å²) in [6, 6.07) is 4.33. The molecule has 0 unspecified atom stereocenters. The molecular weight excluding hydrogens is 235 g/mol. The minimum atomic E-state index is -0.548. The highest BCUT2D eigenvalue weighted by molar-refractivity contribution is 6.30. The van der Waals surface area contributed by atoms with Gasteiger partial charge in [0.05, 0.1) is 17.8 Å². The molecule has 2 N–H and O–H groups in total. The largest absolute Gasteiger partial charge is 0.466 e. The lowest BCUT2D eigenvalue weighted by Crippen LogP contribution is -2.02. The molecular formula is C9H8ClFN4O. The lowest BCUT2D eigenvalue weighted by molar-refractivity contribution is 0.380. The molecule has 0 saturated carbocycles. The summed E-state index contributed by atoms with van der Waals surface area (Å²) in [5, 5.41) is 3.95. The molecule has 0 radical (unpaired) electrons. The predicted octanol–water partition coefficient (Wildman–Crippen LogP) is 1.65. The zero-order valence-electron chi connectivity index (χ0n) is 8.32. The van der Waals surface area contributed by atoms with Crippen LogP contribution in [0.15, 0.2) is 18.2 Å². The molecule has 84 valence electrons. The summed E-state index contributed by atoms with van der Waals surface area (Å²) < 4.78 is 19.3. The first-order valence-electron chi connectivity index (χ1n) is 4.34. The van der Waals surface area contributed by atoms with Crippen molar-refractivity contribution in [3.8, 4) is 11.7 Å². The van der Waals surface area contributed by atoms with Gasteiger partial charge in [0.1, 0.15) is 5.82 Å². The van der Waals surface area contributed by atoms with Crippen LogP contribution in [0.25, 0.3) is 5.69 Å². The van der Waals surface area contributed by atoms with E-state index in [-0.39, 0.29) is 17.0 Å². The molecule has 0 bridgehead atoms. The number of rotatable bonds is 2. The van der Waals surface area contributed by atoms with Gasteiger partial charge in [0, 0.05) is 6.07 Å². The first-order chi connectivity index (χ1) is 7.61. The Labute approximate surface area is 95.6 Å². The fraction of sp³-hybridized carbons (Fsp3) is 0.111. The third-order valence-corrected chi connectivity index (χ3v) is 2.25. The van der Waals surface area contributed by atoms with E-state index in [2.05, 4.69) is 10.1 Å². The van der Waals surface area contributed by atoms with Gasteiger partial charge in [-0.2, -0.15) is 9.67 Å². The van der Waals surface area contributed by atoms with Crippen molar-refractivity contribution in [3.63, 3.8) is 0 Å². The number of methoxy groups -OCH3 is 1. The topological polar surface area (TPSA) is 66.0 Å². The van der Waals surface area contributed by atoms with Crippen LogP contribution in [-0.4, -0.2) is 21.9 Å². The van der Waals surface area contributed by atoms with E-state index < -0.39 is 5.82 Å². The maximum Gasteiger partial charge on any atom is 0.337 e. The van der Waals surface area contributed by atoms with Crippen LogP contribution in [-0.2, 0) is 0 Å². The maximum atomic E-state index is 13.2. The van der Waals surface area contributed by atoms with Crippen LogP contribution in [0, 0.1) is 5.82 Å². The molecule has 0 fully saturated rings. The van der Waals surface area contributed by atoms with Gasteiger partial charge in [-0.15, -0.1) is 5.10 Å². The smallest absolute Gasteiger partial charge is 0.337 e.